The Morgan fingerprint density at radius 2 is 1.95 bits per heavy atom. The summed E-state index contributed by atoms with van der Waals surface area (Å²) in [5, 5.41) is 8.95. The number of aromatic nitrogens is 2. The highest BCUT2D eigenvalue weighted by atomic mass is 16.3. The standard InChI is InChI=1S/C16H20N2O2/c1-10-4-5-13(8-11(10)2)9-15-17-12(3)14(6-7-19)16(20)18-15/h4-5,8,19H,6-7,9H2,1-3H3,(H,17,18,20). The van der Waals surface area contributed by atoms with Crippen molar-refractivity contribution in [2.45, 2.75) is 33.6 Å². The normalized spacial score (nSPS) is 10.8. The molecule has 1 aromatic heterocycles. The molecule has 0 saturated heterocycles. The third-order valence-electron chi connectivity index (χ3n) is 3.58. The molecule has 0 bridgehead atoms. The zero-order chi connectivity index (χ0) is 14.7. The lowest BCUT2D eigenvalue weighted by Crippen LogP contribution is -2.20. The first-order chi connectivity index (χ1) is 9.51. The number of rotatable bonds is 4. The molecule has 0 atom stereocenters. The first-order valence-electron chi connectivity index (χ1n) is 6.77. The summed E-state index contributed by atoms with van der Waals surface area (Å²) < 4.78 is 0. The SMILES string of the molecule is Cc1ccc(Cc2nc(C)c(CCO)c(=O)[nH]2)cc1C. The highest BCUT2D eigenvalue weighted by molar-refractivity contribution is 5.31. The Kier molecular flexibility index (Phi) is 4.35. The minimum absolute atomic E-state index is 0.0396. The summed E-state index contributed by atoms with van der Waals surface area (Å²) in [7, 11) is 0. The largest absolute Gasteiger partial charge is 0.396 e. The van der Waals surface area contributed by atoms with Crippen LogP contribution in [0.1, 0.15) is 33.8 Å². The van der Waals surface area contributed by atoms with Crippen molar-refractivity contribution in [2.24, 2.45) is 0 Å². The van der Waals surface area contributed by atoms with Gasteiger partial charge in [-0.3, -0.25) is 4.79 Å². The molecule has 0 saturated carbocycles. The molecule has 1 heterocycles. The molecule has 0 spiro atoms. The number of hydrogen-bond acceptors (Lipinski definition) is 3. The van der Waals surface area contributed by atoms with Gasteiger partial charge in [-0.2, -0.15) is 0 Å². The molecule has 2 rings (SSSR count). The van der Waals surface area contributed by atoms with E-state index in [0.717, 1.165) is 5.56 Å². The molecule has 2 aromatic rings. The zero-order valence-electron chi connectivity index (χ0n) is 12.2. The molecule has 0 unspecified atom stereocenters. The summed E-state index contributed by atoms with van der Waals surface area (Å²) in [4.78, 5) is 19.2. The maximum absolute atomic E-state index is 12.0. The van der Waals surface area contributed by atoms with Crippen LogP contribution < -0.4 is 5.56 Å². The molecule has 4 nitrogen and oxygen atoms in total. The zero-order valence-corrected chi connectivity index (χ0v) is 12.2. The first-order valence-corrected chi connectivity index (χ1v) is 6.77. The van der Waals surface area contributed by atoms with Crippen LogP contribution in [0.25, 0.3) is 0 Å². The van der Waals surface area contributed by atoms with E-state index in [1.54, 1.807) is 0 Å². The number of aryl methyl sites for hydroxylation is 3. The molecule has 0 aliphatic heterocycles. The fraction of sp³-hybridized carbons (Fsp3) is 0.375. The molecule has 20 heavy (non-hydrogen) atoms. The van der Waals surface area contributed by atoms with E-state index in [-0.39, 0.29) is 12.2 Å². The minimum Gasteiger partial charge on any atom is -0.396 e. The predicted molar refractivity (Wildman–Crippen MR) is 79.1 cm³/mol. The third kappa shape index (κ3) is 3.14. The van der Waals surface area contributed by atoms with Crippen LogP contribution in [0.3, 0.4) is 0 Å². The Balaban J connectivity index is 2.30. The number of nitrogens with zero attached hydrogens (tertiary/aromatic N) is 1. The summed E-state index contributed by atoms with van der Waals surface area (Å²) in [5.41, 5.74) is 4.73. The third-order valence-corrected chi connectivity index (χ3v) is 3.58. The number of aliphatic hydroxyl groups is 1. The van der Waals surface area contributed by atoms with Gasteiger partial charge in [-0.25, -0.2) is 4.98 Å². The van der Waals surface area contributed by atoms with E-state index in [1.165, 1.54) is 11.1 Å². The second-order valence-corrected chi connectivity index (χ2v) is 5.15. The number of H-pyrrole nitrogens is 1. The number of nitrogens with one attached hydrogen (secondary N) is 1. The highest BCUT2D eigenvalue weighted by Crippen LogP contribution is 2.12. The van der Waals surface area contributed by atoms with Crippen LogP contribution in [-0.4, -0.2) is 21.7 Å². The van der Waals surface area contributed by atoms with Crippen molar-refractivity contribution in [1.82, 2.24) is 9.97 Å². The van der Waals surface area contributed by atoms with Crippen molar-refractivity contribution in [1.29, 1.82) is 0 Å². The van der Waals surface area contributed by atoms with Gasteiger partial charge < -0.3 is 10.1 Å². The van der Waals surface area contributed by atoms with Gasteiger partial charge in [-0.05, 0) is 37.5 Å². The Morgan fingerprint density at radius 1 is 1.20 bits per heavy atom. The second-order valence-electron chi connectivity index (χ2n) is 5.15. The monoisotopic (exact) mass is 272 g/mol. The van der Waals surface area contributed by atoms with E-state index < -0.39 is 0 Å². The van der Waals surface area contributed by atoms with E-state index in [1.807, 2.05) is 6.92 Å². The Labute approximate surface area is 118 Å². The first kappa shape index (κ1) is 14.5. The molecule has 0 amide bonds. The summed E-state index contributed by atoms with van der Waals surface area (Å²) in [6.45, 7) is 5.92. The molecule has 106 valence electrons. The van der Waals surface area contributed by atoms with Gasteiger partial charge in [-0.1, -0.05) is 18.2 Å². The number of aromatic amines is 1. The lowest BCUT2D eigenvalue weighted by Gasteiger charge is -2.08. The highest BCUT2D eigenvalue weighted by Gasteiger charge is 2.08. The van der Waals surface area contributed by atoms with Crippen LogP contribution in [0.5, 0.6) is 0 Å². The average molecular weight is 272 g/mol. The fourth-order valence-corrected chi connectivity index (χ4v) is 2.27. The molecule has 4 heteroatoms. The fourth-order valence-electron chi connectivity index (χ4n) is 2.27. The molecule has 0 aliphatic rings. The van der Waals surface area contributed by atoms with Crippen LogP contribution in [0.4, 0.5) is 0 Å². The van der Waals surface area contributed by atoms with Crippen molar-refractivity contribution >= 4 is 0 Å². The Bertz CT molecular complexity index is 675. The molecule has 0 aliphatic carbocycles. The predicted octanol–water partition coefficient (Wildman–Crippen LogP) is 1.82. The van der Waals surface area contributed by atoms with Gasteiger partial charge in [0, 0.05) is 30.7 Å². The topological polar surface area (TPSA) is 66.0 Å². The maximum atomic E-state index is 12.0. The van der Waals surface area contributed by atoms with Crippen LogP contribution in [0.2, 0.25) is 0 Å². The van der Waals surface area contributed by atoms with Crippen LogP contribution >= 0.6 is 0 Å². The van der Waals surface area contributed by atoms with Gasteiger partial charge >= 0.3 is 0 Å². The lowest BCUT2D eigenvalue weighted by atomic mass is 10.0. The second kappa shape index (κ2) is 6.01. The van der Waals surface area contributed by atoms with E-state index >= 15 is 0 Å². The van der Waals surface area contributed by atoms with Gasteiger partial charge in [-0.15, -0.1) is 0 Å². The average Bonchev–Trinajstić information content (AvgIpc) is 2.38. The molecule has 1 aromatic carbocycles. The summed E-state index contributed by atoms with van der Waals surface area (Å²) in [6, 6.07) is 6.25. The smallest absolute Gasteiger partial charge is 0.254 e. The van der Waals surface area contributed by atoms with Gasteiger partial charge in [0.05, 0.1) is 0 Å². The minimum atomic E-state index is -0.148. The summed E-state index contributed by atoms with van der Waals surface area (Å²) >= 11 is 0. The molecule has 0 radical (unpaired) electrons. The maximum Gasteiger partial charge on any atom is 0.254 e. The number of hydrogen-bond donors (Lipinski definition) is 2. The van der Waals surface area contributed by atoms with Crippen molar-refractivity contribution < 1.29 is 5.11 Å². The molecular formula is C16H20N2O2. The molecular weight excluding hydrogens is 252 g/mol. The molecule has 2 N–H and O–H groups in total. The van der Waals surface area contributed by atoms with Gasteiger partial charge in [0.15, 0.2) is 0 Å². The van der Waals surface area contributed by atoms with Gasteiger partial charge in [0.1, 0.15) is 5.82 Å². The van der Waals surface area contributed by atoms with Crippen LogP contribution in [0.15, 0.2) is 23.0 Å². The van der Waals surface area contributed by atoms with Gasteiger partial charge in [0.2, 0.25) is 0 Å². The van der Waals surface area contributed by atoms with Crippen molar-refractivity contribution in [3.63, 3.8) is 0 Å². The van der Waals surface area contributed by atoms with Crippen LogP contribution in [0, 0.1) is 20.8 Å². The van der Waals surface area contributed by atoms with Crippen molar-refractivity contribution in [3.8, 4) is 0 Å². The van der Waals surface area contributed by atoms with E-state index in [0.29, 0.717) is 29.9 Å². The lowest BCUT2D eigenvalue weighted by molar-refractivity contribution is 0.298. The summed E-state index contributed by atoms with van der Waals surface area (Å²) in [5.74, 6) is 0.664. The quantitative estimate of drug-likeness (QED) is 0.892. The Hall–Kier alpha value is -1.94. The number of aliphatic hydroxyl groups excluding tert-OH is 1. The number of benzene rings is 1. The van der Waals surface area contributed by atoms with E-state index in [4.69, 9.17) is 5.11 Å². The van der Waals surface area contributed by atoms with E-state index in [2.05, 4.69) is 42.0 Å². The van der Waals surface area contributed by atoms with Crippen LogP contribution in [-0.2, 0) is 12.8 Å². The Morgan fingerprint density at radius 3 is 2.55 bits per heavy atom. The molecule has 0 fully saturated rings. The van der Waals surface area contributed by atoms with Crippen molar-refractivity contribution in [3.05, 3.63) is 62.3 Å². The summed E-state index contributed by atoms with van der Waals surface area (Å²) in [6.07, 6.45) is 0.953. The van der Waals surface area contributed by atoms with Crippen molar-refractivity contribution in [2.75, 3.05) is 6.61 Å². The van der Waals surface area contributed by atoms with Gasteiger partial charge in [0.25, 0.3) is 5.56 Å². The van der Waals surface area contributed by atoms with E-state index in [9.17, 15) is 4.79 Å².